The molecule has 0 aliphatic rings. The molecule has 2 N–H and O–H groups in total. The molecule has 1 atom stereocenters. The van der Waals surface area contributed by atoms with Crippen LogP contribution in [0.3, 0.4) is 0 Å². The molecule has 3 nitrogen and oxygen atoms in total. The summed E-state index contributed by atoms with van der Waals surface area (Å²) in [7, 11) is 0. The van der Waals surface area contributed by atoms with E-state index in [4.69, 9.17) is 10.5 Å². The molecule has 0 radical (unpaired) electrons. The van der Waals surface area contributed by atoms with Crippen molar-refractivity contribution in [2.24, 2.45) is 5.73 Å². The van der Waals surface area contributed by atoms with Gasteiger partial charge in [0.25, 0.3) is 0 Å². The molecule has 18 heavy (non-hydrogen) atoms. The second-order valence-corrected chi connectivity index (χ2v) is 4.88. The van der Waals surface area contributed by atoms with E-state index < -0.39 is 0 Å². The first-order valence-electron chi connectivity index (χ1n) is 5.72. The summed E-state index contributed by atoms with van der Waals surface area (Å²) in [6, 6.07) is 11.7. The quantitative estimate of drug-likeness (QED) is 0.853. The minimum Gasteiger partial charge on any atom is -0.439 e. The molecule has 0 aliphatic carbocycles. The second kappa shape index (κ2) is 5.89. The van der Waals surface area contributed by atoms with Crippen LogP contribution in [0.4, 0.5) is 0 Å². The number of thioether (sulfide) groups is 1. The highest BCUT2D eigenvalue weighted by atomic mass is 32.2. The van der Waals surface area contributed by atoms with Crippen LogP contribution in [0.2, 0.25) is 0 Å². The highest BCUT2D eigenvalue weighted by Gasteiger charge is 2.02. The van der Waals surface area contributed by atoms with E-state index in [1.54, 1.807) is 18.0 Å². The lowest BCUT2D eigenvalue weighted by molar-refractivity contribution is 0.462. The van der Waals surface area contributed by atoms with Crippen molar-refractivity contribution in [1.29, 1.82) is 0 Å². The van der Waals surface area contributed by atoms with Crippen LogP contribution in [0.1, 0.15) is 18.5 Å². The molecule has 0 saturated heterocycles. The van der Waals surface area contributed by atoms with Crippen LogP contribution in [0.25, 0.3) is 0 Å². The normalized spacial score (nSPS) is 12.2. The zero-order valence-corrected chi connectivity index (χ0v) is 11.3. The van der Waals surface area contributed by atoms with E-state index >= 15 is 0 Å². The smallest absolute Gasteiger partial charge is 0.219 e. The van der Waals surface area contributed by atoms with Gasteiger partial charge in [-0.25, -0.2) is 4.98 Å². The van der Waals surface area contributed by atoms with Gasteiger partial charge in [-0.2, -0.15) is 0 Å². The van der Waals surface area contributed by atoms with Gasteiger partial charge in [-0.05, 0) is 43.0 Å². The van der Waals surface area contributed by atoms with Crippen molar-refractivity contribution < 1.29 is 4.74 Å². The Labute approximate surface area is 111 Å². The Morgan fingerprint density at radius 2 is 1.89 bits per heavy atom. The summed E-state index contributed by atoms with van der Waals surface area (Å²) >= 11 is 1.70. The van der Waals surface area contributed by atoms with Gasteiger partial charge in [0, 0.05) is 23.2 Å². The minimum absolute atomic E-state index is 0.00703. The Bertz CT molecular complexity index is 494. The van der Waals surface area contributed by atoms with Crippen LogP contribution in [-0.2, 0) is 0 Å². The molecule has 0 saturated carbocycles. The topological polar surface area (TPSA) is 48.1 Å². The lowest BCUT2D eigenvalue weighted by Crippen LogP contribution is -2.05. The number of nitrogens with two attached hydrogens (primary N) is 1. The van der Waals surface area contributed by atoms with Crippen molar-refractivity contribution in [1.82, 2.24) is 4.98 Å². The van der Waals surface area contributed by atoms with E-state index in [1.807, 2.05) is 49.6 Å². The fourth-order valence-corrected chi connectivity index (χ4v) is 1.89. The third-order valence-corrected chi connectivity index (χ3v) is 3.31. The maximum absolute atomic E-state index is 5.77. The average molecular weight is 260 g/mol. The number of ether oxygens (including phenoxy) is 1. The van der Waals surface area contributed by atoms with Gasteiger partial charge in [0.15, 0.2) is 0 Å². The van der Waals surface area contributed by atoms with Crippen LogP contribution < -0.4 is 10.5 Å². The number of hydrogen-bond donors (Lipinski definition) is 1. The predicted octanol–water partition coefficient (Wildman–Crippen LogP) is 3.62. The SMILES string of the molecule is CSc1ccc(Oc2ccc([C@H](C)N)cn2)cc1. The molecular formula is C14H16N2OS. The fourth-order valence-electron chi connectivity index (χ4n) is 1.49. The van der Waals surface area contributed by atoms with E-state index in [0.717, 1.165) is 11.3 Å². The van der Waals surface area contributed by atoms with Gasteiger partial charge >= 0.3 is 0 Å². The first-order valence-corrected chi connectivity index (χ1v) is 6.95. The van der Waals surface area contributed by atoms with Gasteiger partial charge in [-0.3, -0.25) is 0 Å². The summed E-state index contributed by atoms with van der Waals surface area (Å²) in [5.74, 6) is 1.37. The zero-order valence-electron chi connectivity index (χ0n) is 10.5. The van der Waals surface area contributed by atoms with Gasteiger partial charge in [0.05, 0.1) is 0 Å². The Morgan fingerprint density at radius 3 is 2.39 bits per heavy atom. The number of rotatable bonds is 4. The molecule has 1 aromatic carbocycles. The standard InChI is InChI=1S/C14H16N2OS/c1-10(15)11-3-8-14(16-9-11)17-12-4-6-13(18-2)7-5-12/h3-10H,15H2,1-2H3/t10-/m0/s1. The first-order chi connectivity index (χ1) is 8.69. The van der Waals surface area contributed by atoms with Gasteiger partial charge < -0.3 is 10.5 Å². The maximum Gasteiger partial charge on any atom is 0.219 e. The highest BCUT2D eigenvalue weighted by Crippen LogP contribution is 2.23. The van der Waals surface area contributed by atoms with E-state index in [9.17, 15) is 0 Å². The van der Waals surface area contributed by atoms with Crippen LogP contribution in [-0.4, -0.2) is 11.2 Å². The van der Waals surface area contributed by atoms with Gasteiger partial charge in [0.2, 0.25) is 5.88 Å². The van der Waals surface area contributed by atoms with Crippen molar-refractivity contribution >= 4 is 11.8 Å². The summed E-state index contributed by atoms with van der Waals surface area (Å²) in [5, 5.41) is 0. The van der Waals surface area contributed by atoms with E-state index in [0.29, 0.717) is 5.88 Å². The number of pyridine rings is 1. The van der Waals surface area contributed by atoms with E-state index in [2.05, 4.69) is 4.98 Å². The Morgan fingerprint density at radius 1 is 1.17 bits per heavy atom. The lowest BCUT2D eigenvalue weighted by Gasteiger charge is -2.07. The summed E-state index contributed by atoms with van der Waals surface area (Å²) < 4.78 is 5.65. The molecule has 1 aromatic heterocycles. The second-order valence-electron chi connectivity index (χ2n) is 4.00. The largest absolute Gasteiger partial charge is 0.439 e. The predicted molar refractivity (Wildman–Crippen MR) is 75.1 cm³/mol. The van der Waals surface area contributed by atoms with Crippen molar-refractivity contribution in [3.63, 3.8) is 0 Å². The molecule has 0 aliphatic heterocycles. The molecule has 0 unspecified atom stereocenters. The fraction of sp³-hybridized carbons (Fsp3) is 0.214. The Hall–Kier alpha value is -1.52. The summed E-state index contributed by atoms with van der Waals surface area (Å²) in [6.07, 6.45) is 3.79. The highest BCUT2D eigenvalue weighted by molar-refractivity contribution is 7.98. The van der Waals surface area contributed by atoms with Crippen molar-refractivity contribution in [3.8, 4) is 11.6 Å². The Balaban J connectivity index is 2.08. The van der Waals surface area contributed by atoms with Crippen molar-refractivity contribution in [2.45, 2.75) is 17.9 Å². The maximum atomic E-state index is 5.77. The van der Waals surface area contributed by atoms with E-state index in [-0.39, 0.29) is 6.04 Å². The third kappa shape index (κ3) is 3.24. The van der Waals surface area contributed by atoms with Crippen molar-refractivity contribution in [2.75, 3.05) is 6.26 Å². The molecule has 4 heteroatoms. The Kier molecular flexibility index (Phi) is 4.23. The van der Waals surface area contributed by atoms with Gasteiger partial charge in [-0.15, -0.1) is 11.8 Å². The molecule has 1 heterocycles. The van der Waals surface area contributed by atoms with Crippen molar-refractivity contribution in [3.05, 3.63) is 48.2 Å². The summed E-state index contributed by atoms with van der Waals surface area (Å²) in [5.41, 5.74) is 6.77. The number of nitrogens with zero attached hydrogens (tertiary/aromatic N) is 1. The summed E-state index contributed by atoms with van der Waals surface area (Å²) in [6.45, 7) is 1.93. The molecule has 0 spiro atoms. The van der Waals surface area contributed by atoms with Gasteiger partial charge in [0.1, 0.15) is 5.75 Å². The van der Waals surface area contributed by atoms with Crippen LogP contribution in [0.15, 0.2) is 47.5 Å². The molecule has 2 aromatic rings. The number of aromatic nitrogens is 1. The number of benzene rings is 1. The molecule has 0 amide bonds. The van der Waals surface area contributed by atoms with Crippen LogP contribution >= 0.6 is 11.8 Å². The zero-order chi connectivity index (χ0) is 13.0. The molecule has 0 bridgehead atoms. The van der Waals surface area contributed by atoms with Crippen LogP contribution in [0, 0.1) is 0 Å². The molecular weight excluding hydrogens is 244 g/mol. The van der Waals surface area contributed by atoms with Gasteiger partial charge in [-0.1, -0.05) is 6.07 Å². The third-order valence-electron chi connectivity index (χ3n) is 2.57. The number of hydrogen-bond acceptors (Lipinski definition) is 4. The lowest BCUT2D eigenvalue weighted by atomic mass is 10.2. The minimum atomic E-state index is -0.00703. The monoisotopic (exact) mass is 260 g/mol. The molecule has 94 valence electrons. The summed E-state index contributed by atoms with van der Waals surface area (Å²) in [4.78, 5) is 5.44. The van der Waals surface area contributed by atoms with Crippen LogP contribution in [0.5, 0.6) is 11.6 Å². The van der Waals surface area contributed by atoms with E-state index in [1.165, 1.54) is 4.90 Å². The average Bonchev–Trinajstić information content (AvgIpc) is 2.40. The molecule has 2 rings (SSSR count). The molecule has 0 fully saturated rings. The first kappa shape index (κ1) is 12.9.